The zero-order chi connectivity index (χ0) is 15.6. The number of methoxy groups -OCH3 is 1. The highest BCUT2D eigenvalue weighted by molar-refractivity contribution is 9.11. The number of esters is 1. The van der Waals surface area contributed by atoms with Crippen LogP contribution in [0.25, 0.3) is 12.2 Å². The number of nitrogens with one attached hydrogen (secondary N) is 1. The SMILES string of the molecule is COC(=O)c1cc(/C=C/c2cc(C)[nH]n2)c(Br)c(O)c1Br. The molecule has 0 spiro atoms. The second-order valence-corrected chi connectivity index (χ2v) is 5.88. The molecule has 0 saturated carbocycles. The van der Waals surface area contributed by atoms with Crippen LogP contribution in [0.5, 0.6) is 5.75 Å². The van der Waals surface area contributed by atoms with E-state index in [1.165, 1.54) is 7.11 Å². The van der Waals surface area contributed by atoms with E-state index >= 15 is 0 Å². The van der Waals surface area contributed by atoms with Crippen molar-refractivity contribution in [1.82, 2.24) is 10.2 Å². The second kappa shape index (κ2) is 6.44. The van der Waals surface area contributed by atoms with Gasteiger partial charge in [-0.15, -0.1) is 0 Å². The molecule has 2 aromatic rings. The molecule has 7 heteroatoms. The molecule has 0 aliphatic heterocycles. The highest BCUT2D eigenvalue weighted by atomic mass is 79.9. The first-order valence-corrected chi connectivity index (χ1v) is 7.52. The van der Waals surface area contributed by atoms with Crippen molar-refractivity contribution in [3.05, 3.63) is 43.6 Å². The van der Waals surface area contributed by atoms with Crippen LogP contribution >= 0.6 is 31.9 Å². The number of rotatable bonds is 3. The van der Waals surface area contributed by atoms with E-state index < -0.39 is 5.97 Å². The Morgan fingerprint density at radius 2 is 2.05 bits per heavy atom. The largest absolute Gasteiger partial charge is 0.506 e. The Bertz CT molecular complexity index is 723. The van der Waals surface area contributed by atoms with Gasteiger partial charge >= 0.3 is 5.97 Å². The molecule has 0 unspecified atom stereocenters. The number of carbonyl (C=O) groups excluding carboxylic acids is 1. The van der Waals surface area contributed by atoms with Crippen molar-refractivity contribution in [2.45, 2.75) is 6.92 Å². The Balaban J connectivity index is 2.46. The Morgan fingerprint density at radius 3 is 2.62 bits per heavy atom. The quantitative estimate of drug-likeness (QED) is 0.745. The third-order valence-electron chi connectivity index (χ3n) is 2.77. The first-order valence-electron chi connectivity index (χ1n) is 5.93. The lowest BCUT2D eigenvalue weighted by Crippen LogP contribution is -2.03. The highest BCUT2D eigenvalue weighted by Gasteiger charge is 2.18. The summed E-state index contributed by atoms with van der Waals surface area (Å²) in [5.74, 6) is -0.592. The summed E-state index contributed by atoms with van der Waals surface area (Å²) < 4.78 is 5.46. The molecule has 21 heavy (non-hydrogen) atoms. The van der Waals surface area contributed by atoms with E-state index in [1.54, 1.807) is 18.2 Å². The molecule has 0 bridgehead atoms. The number of benzene rings is 1. The second-order valence-electron chi connectivity index (χ2n) is 4.29. The summed E-state index contributed by atoms with van der Waals surface area (Å²) in [6.07, 6.45) is 3.52. The van der Waals surface area contributed by atoms with Crippen molar-refractivity contribution in [3.8, 4) is 5.75 Å². The van der Waals surface area contributed by atoms with Gasteiger partial charge in [0.25, 0.3) is 0 Å². The standard InChI is InChI=1S/C14H12Br2N2O3/c1-7-5-9(18-17-7)4-3-8-6-10(14(20)21-2)12(16)13(19)11(8)15/h3-6,19H,1-2H3,(H,17,18)/b4-3+. The van der Waals surface area contributed by atoms with Crippen LogP contribution in [0.2, 0.25) is 0 Å². The molecule has 5 nitrogen and oxygen atoms in total. The summed E-state index contributed by atoms with van der Waals surface area (Å²) in [4.78, 5) is 11.7. The Labute approximate surface area is 138 Å². The molecule has 2 rings (SSSR count). The minimum Gasteiger partial charge on any atom is -0.506 e. The third-order valence-corrected chi connectivity index (χ3v) is 4.41. The van der Waals surface area contributed by atoms with Crippen LogP contribution in [0.3, 0.4) is 0 Å². The first-order chi connectivity index (χ1) is 9.93. The Hall–Kier alpha value is -1.60. The van der Waals surface area contributed by atoms with Crippen LogP contribution in [0, 0.1) is 6.92 Å². The molecule has 0 atom stereocenters. The summed E-state index contributed by atoms with van der Waals surface area (Å²) in [6.45, 7) is 1.90. The van der Waals surface area contributed by atoms with E-state index in [0.717, 1.165) is 11.4 Å². The predicted octanol–water partition coefficient (Wildman–Crippen LogP) is 3.91. The highest BCUT2D eigenvalue weighted by Crippen LogP contribution is 2.38. The Morgan fingerprint density at radius 1 is 1.33 bits per heavy atom. The number of phenols is 1. The summed E-state index contributed by atoms with van der Waals surface area (Å²) in [7, 11) is 1.29. The van der Waals surface area contributed by atoms with E-state index in [-0.39, 0.29) is 15.8 Å². The van der Waals surface area contributed by atoms with Crippen molar-refractivity contribution in [2.24, 2.45) is 0 Å². The molecule has 0 fully saturated rings. The number of aromatic nitrogens is 2. The van der Waals surface area contributed by atoms with Gasteiger partial charge in [-0.1, -0.05) is 6.08 Å². The number of aromatic hydroxyl groups is 1. The van der Waals surface area contributed by atoms with E-state index in [2.05, 4.69) is 42.1 Å². The number of ether oxygens (including phenoxy) is 1. The molecule has 1 aromatic carbocycles. The van der Waals surface area contributed by atoms with Crippen molar-refractivity contribution in [1.29, 1.82) is 0 Å². The lowest BCUT2D eigenvalue weighted by atomic mass is 10.1. The topological polar surface area (TPSA) is 75.2 Å². The van der Waals surface area contributed by atoms with Crippen molar-refractivity contribution in [2.75, 3.05) is 7.11 Å². The van der Waals surface area contributed by atoms with Gasteiger partial charge in [0.1, 0.15) is 5.75 Å². The van der Waals surface area contributed by atoms with Gasteiger partial charge in [-0.2, -0.15) is 5.10 Å². The summed E-state index contributed by atoms with van der Waals surface area (Å²) in [5, 5.41) is 17.0. The van der Waals surface area contributed by atoms with Gasteiger partial charge in [0.15, 0.2) is 0 Å². The van der Waals surface area contributed by atoms with Crippen LogP contribution in [0.1, 0.15) is 27.3 Å². The molecular weight excluding hydrogens is 404 g/mol. The fourth-order valence-electron chi connectivity index (χ4n) is 1.72. The first kappa shape index (κ1) is 15.8. The number of phenolic OH excluding ortho intramolecular Hbond substituents is 1. The summed E-state index contributed by atoms with van der Waals surface area (Å²) in [6, 6.07) is 3.50. The number of H-pyrrole nitrogens is 1. The average molecular weight is 416 g/mol. The molecule has 1 heterocycles. The van der Waals surface area contributed by atoms with E-state index in [9.17, 15) is 9.90 Å². The number of halogens is 2. The van der Waals surface area contributed by atoms with Gasteiger partial charge in [0, 0.05) is 5.69 Å². The van der Waals surface area contributed by atoms with Crippen LogP contribution in [-0.4, -0.2) is 28.4 Å². The van der Waals surface area contributed by atoms with Crippen LogP contribution in [0.15, 0.2) is 21.1 Å². The molecule has 0 radical (unpaired) electrons. The Kier molecular flexibility index (Phi) is 4.84. The van der Waals surface area contributed by atoms with Gasteiger partial charge in [-0.3, -0.25) is 5.10 Å². The van der Waals surface area contributed by atoms with E-state index in [0.29, 0.717) is 10.0 Å². The molecule has 1 aromatic heterocycles. The van der Waals surface area contributed by atoms with Crippen molar-refractivity contribution in [3.63, 3.8) is 0 Å². The number of carbonyl (C=O) groups is 1. The third kappa shape index (κ3) is 3.36. The molecule has 0 aliphatic rings. The maximum absolute atomic E-state index is 11.7. The van der Waals surface area contributed by atoms with Gasteiger partial charge in [0.05, 0.1) is 27.3 Å². The smallest absolute Gasteiger partial charge is 0.339 e. The molecule has 2 N–H and O–H groups in total. The average Bonchev–Trinajstić information content (AvgIpc) is 2.89. The fraction of sp³-hybridized carbons (Fsp3) is 0.143. The van der Waals surface area contributed by atoms with Crippen LogP contribution in [-0.2, 0) is 4.74 Å². The molecule has 0 amide bonds. The normalized spacial score (nSPS) is 11.0. The fourth-order valence-corrected chi connectivity index (χ4v) is 2.91. The van der Waals surface area contributed by atoms with E-state index in [1.807, 2.05) is 13.0 Å². The lowest BCUT2D eigenvalue weighted by molar-refractivity contribution is 0.0599. The predicted molar refractivity (Wildman–Crippen MR) is 87.1 cm³/mol. The van der Waals surface area contributed by atoms with Crippen LogP contribution < -0.4 is 0 Å². The van der Waals surface area contributed by atoms with Crippen molar-refractivity contribution >= 4 is 50.0 Å². The monoisotopic (exact) mass is 414 g/mol. The zero-order valence-electron chi connectivity index (χ0n) is 11.3. The maximum atomic E-state index is 11.7. The minimum absolute atomic E-state index is 0.0595. The van der Waals surface area contributed by atoms with Gasteiger partial charge in [-0.25, -0.2) is 4.79 Å². The number of aryl methyl sites for hydroxylation is 1. The lowest BCUT2D eigenvalue weighted by Gasteiger charge is -2.09. The van der Waals surface area contributed by atoms with Gasteiger partial charge in [0.2, 0.25) is 0 Å². The molecule has 110 valence electrons. The van der Waals surface area contributed by atoms with Crippen LogP contribution in [0.4, 0.5) is 0 Å². The zero-order valence-corrected chi connectivity index (χ0v) is 14.4. The number of nitrogens with zero attached hydrogens (tertiary/aromatic N) is 1. The number of hydrogen-bond acceptors (Lipinski definition) is 4. The molecule has 0 aliphatic carbocycles. The number of hydrogen-bond donors (Lipinski definition) is 2. The summed E-state index contributed by atoms with van der Waals surface area (Å²) in [5.41, 5.74) is 2.58. The molecular formula is C14H12Br2N2O3. The summed E-state index contributed by atoms with van der Waals surface area (Å²) >= 11 is 6.49. The maximum Gasteiger partial charge on any atom is 0.339 e. The van der Waals surface area contributed by atoms with Gasteiger partial charge in [-0.05, 0) is 62.6 Å². The molecule has 0 saturated heterocycles. The van der Waals surface area contributed by atoms with Crippen molar-refractivity contribution < 1.29 is 14.6 Å². The minimum atomic E-state index is -0.532. The van der Waals surface area contributed by atoms with E-state index in [4.69, 9.17) is 4.74 Å². The number of aromatic amines is 1. The van der Waals surface area contributed by atoms with Gasteiger partial charge < -0.3 is 9.84 Å².